The molecule has 0 unspecified atom stereocenters. The van der Waals surface area contributed by atoms with E-state index in [1.165, 1.54) is 6.42 Å². The summed E-state index contributed by atoms with van der Waals surface area (Å²) in [5.41, 5.74) is 2.69. The number of ether oxygens (including phenoxy) is 1. The Morgan fingerprint density at radius 3 is 2.84 bits per heavy atom. The Bertz CT molecular complexity index is 958. The van der Waals surface area contributed by atoms with Gasteiger partial charge in [0, 0.05) is 36.1 Å². The van der Waals surface area contributed by atoms with Crippen molar-refractivity contribution < 1.29 is 14.6 Å². The van der Waals surface area contributed by atoms with Crippen LogP contribution in [0.5, 0.6) is 5.75 Å². The molecule has 166 valence electrons. The van der Waals surface area contributed by atoms with Gasteiger partial charge in [0.05, 0.1) is 12.6 Å². The molecule has 0 aliphatic heterocycles. The first kappa shape index (κ1) is 21.5. The molecule has 0 aromatic carbocycles. The summed E-state index contributed by atoms with van der Waals surface area (Å²) in [6.45, 7) is 4.24. The molecule has 2 aliphatic carbocycles. The van der Waals surface area contributed by atoms with Crippen LogP contribution in [0.1, 0.15) is 50.8 Å². The number of hydrogen-bond donors (Lipinski definition) is 2. The third-order valence-corrected chi connectivity index (χ3v) is 6.00. The minimum atomic E-state index is -0.554. The lowest BCUT2D eigenvalue weighted by Crippen LogP contribution is -2.53. The fourth-order valence-electron chi connectivity index (χ4n) is 4.18. The Balaban J connectivity index is 1.56. The summed E-state index contributed by atoms with van der Waals surface area (Å²) in [4.78, 5) is 28.5. The van der Waals surface area contributed by atoms with Crippen molar-refractivity contribution in [2.45, 2.75) is 64.0 Å². The summed E-state index contributed by atoms with van der Waals surface area (Å²) in [6, 6.07) is 3.53. The molecule has 0 saturated heterocycles. The molecule has 1 atom stereocenters. The molecule has 8 heteroatoms. The molecular weight excluding hydrogens is 394 g/mol. The molecule has 1 saturated carbocycles. The number of aliphatic hydroxyl groups excluding tert-OH is 1. The van der Waals surface area contributed by atoms with E-state index in [9.17, 15) is 9.90 Å². The van der Waals surface area contributed by atoms with E-state index in [2.05, 4.69) is 17.2 Å². The number of pyridine rings is 1. The van der Waals surface area contributed by atoms with Crippen LogP contribution < -0.4 is 15.0 Å². The number of likely N-dealkylation sites (N-methyl/N-ethyl adjacent to an activating group) is 1. The van der Waals surface area contributed by atoms with E-state index in [1.54, 1.807) is 25.3 Å². The van der Waals surface area contributed by atoms with Gasteiger partial charge in [-0.15, -0.1) is 0 Å². The molecule has 1 amide bonds. The number of carbonyl (C=O) groups is 1. The Hall–Kier alpha value is -2.74. The molecule has 0 bridgehead atoms. The second kappa shape index (κ2) is 8.78. The molecule has 0 radical (unpaired) electrons. The maximum absolute atomic E-state index is 12.6. The minimum Gasteiger partial charge on any atom is -0.491 e. The number of hydrogen-bond acceptors (Lipinski definition) is 7. The van der Waals surface area contributed by atoms with Gasteiger partial charge in [-0.25, -0.2) is 9.97 Å². The second-order valence-corrected chi connectivity index (χ2v) is 9.00. The summed E-state index contributed by atoms with van der Waals surface area (Å²) in [6.07, 6.45) is 7.18. The molecule has 2 heterocycles. The van der Waals surface area contributed by atoms with Crippen LogP contribution in [0.4, 0.5) is 5.82 Å². The summed E-state index contributed by atoms with van der Waals surface area (Å²) in [5.74, 6) is 1.95. The number of aliphatic hydroxyl groups is 1. The molecule has 31 heavy (non-hydrogen) atoms. The first-order valence-electron chi connectivity index (χ1n) is 11.0. The highest BCUT2D eigenvalue weighted by Gasteiger charge is 2.33. The van der Waals surface area contributed by atoms with E-state index >= 15 is 0 Å². The zero-order valence-corrected chi connectivity index (χ0v) is 18.5. The number of fused-ring (bicyclic) bond motifs is 1. The highest BCUT2D eigenvalue weighted by Crippen LogP contribution is 2.32. The summed E-state index contributed by atoms with van der Waals surface area (Å²) >= 11 is 0. The first-order valence-corrected chi connectivity index (χ1v) is 11.0. The smallest absolute Gasteiger partial charge is 0.239 e. The van der Waals surface area contributed by atoms with Crippen molar-refractivity contribution in [1.82, 2.24) is 20.3 Å². The van der Waals surface area contributed by atoms with Gasteiger partial charge in [-0.2, -0.15) is 0 Å². The van der Waals surface area contributed by atoms with Gasteiger partial charge in [-0.05, 0) is 58.4 Å². The highest BCUT2D eigenvalue weighted by molar-refractivity contribution is 5.82. The van der Waals surface area contributed by atoms with Gasteiger partial charge < -0.3 is 20.1 Å². The van der Waals surface area contributed by atoms with Gasteiger partial charge in [0.2, 0.25) is 5.91 Å². The summed E-state index contributed by atoms with van der Waals surface area (Å²) in [7, 11) is 1.91. The lowest BCUT2D eigenvalue weighted by molar-refractivity contribution is -0.122. The monoisotopic (exact) mass is 425 g/mol. The van der Waals surface area contributed by atoms with Gasteiger partial charge in [0.25, 0.3) is 0 Å². The summed E-state index contributed by atoms with van der Waals surface area (Å²) < 4.78 is 5.61. The molecule has 2 N–H and O–H groups in total. The van der Waals surface area contributed by atoms with Crippen molar-refractivity contribution in [1.29, 1.82) is 0 Å². The van der Waals surface area contributed by atoms with Crippen LogP contribution in [0.25, 0.3) is 11.5 Å². The predicted octanol–water partition coefficient (Wildman–Crippen LogP) is 2.28. The van der Waals surface area contributed by atoms with E-state index in [0.717, 1.165) is 49.2 Å². The predicted molar refractivity (Wildman–Crippen MR) is 118 cm³/mol. The van der Waals surface area contributed by atoms with Crippen LogP contribution in [0.15, 0.2) is 18.3 Å². The van der Waals surface area contributed by atoms with E-state index in [-0.39, 0.29) is 24.6 Å². The molecule has 0 spiro atoms. The number of rotatable bonds is 8. The number of nitrogens with one attached hydrogen (secondary N) is 1. The maximum atomic E-state index is 12.6. The average molecular weight is 426 g/mol. The molecule has 2 aromatic heterocycles. The van der Waals surface area contributed by atoms with Crippen molar-refractivity contribution in [3.63, 3.8) is 0 Å². The van der Waals surface area contributed by atoms with Gasteiger partial charge in [0.1, 0.15) is 23.9 Å². The van der Waals surface area contributed by atoms with E-state index < -0.39 is 6.10 Å². The zero-order valence-electron chi connectivity index (χ0n) is 18.5. The average Bonchev–Trinajstić information content (AvgIpc) is 3.19. The third kappa shape index (κ3) is 4.95. The Morgan fingerprint density at radius 1 is 1.32 bits per heavy atom. The lowest BCUT2D eigenvalue weighted by atomic mass is 9.78. The Morgan fingerprint density at radius 2 is 2.13 bits per heavy atom. The number of amides is 1. The van der Waals surface area contributed by atoms with Crippen LogP contribution >= 0.6 is 0 Å². The van der Waals surface area contributed by atoms with Crippen LogP contribution in [0, 0.1) is 0 Å². The first-order chi connectivity index (χ1) is 14.8. The second-order valence-electron chi connectivity index (χ2n) is 9.00. The Kier molecular flexibility index (Phi) is 6.09. The van der Waals surface area contributed by atoms with Crippen LogP contribution in [-0.4, -0.2) is 57.8 Å². The fraction of sp³-hybridized carbons (Fsp3) is 0.565. The molecule has 4 rings (SSSR count). The van der Waals surface area contributed by atoms with Gasteiger partial charge in [0.15, 0.2) is 5.82 Å². The van der Waals surface area contributed by atoms with Crippen LogP contribution in [0.2, 0.25) is 0 Å². The zero-order chi connectivity index (χ0) is 22.0. The SMILES string of the molecule is C[C@@H](O)COc1ccnc(-c2nc3c(c(N(C)CC(=O)NC4(C)CCC4)n2)CCC3)c1. The number of anilines is 1. The maximum Gasteiger partial charge on any atom is 0.239 e. The topological polar surface area (TPSA) is 100 Å². The van der Waals surface area contributed by atoms with Crippen molar-refractivity contribution >= 4 is 11.7 Å². The van der Waals surface area contributed by atoms with Crippen molar-refractivity contribution in [3.05, 3.63) is 29.6 Å². The molecule has 1 fully saturated rings. The van der Waals surface area contributed by atoms with Crippen LogP contribution in [0.3, 0.4) is 0 Å². The Labute approximate surface area is 183 Å². The van der Waals surface area contributed by atoms with Gasteiger partial charge in [-0.1, -0.05) is 0 Å². The molecule has 2 aliphatic rings. The fourth-order valence-corrected chi connectivity index (χ4v) is 4.18. The molecular formula is C23H31N5O3. The summed E-state index contributed by atoms with van der Waals surface area (Å²) in [5, 5.41) is 12.6. The van der Waals surface area contributed by atoms with Crippen molar-refractivity contribution in [2.75, 3.05) is 25.1 Å². The number of aromatic nitrogens is 3. The number of carbonyl (C=O) groups excluding carboxylic acids is 1. The minimum absolute atomic E-state index is 0.0169. The van der Waals surface area contributed by atoms with Gasteiger partial charge in [-0.3, -0.25) is 9.78 Å². The van der Waals surface area contributed by atoms with Crippen LogP contribution in [-0.2, 0) is 17.6 Å². The van der Waals surface area contributed by atoms with Crippen molar-refractivity contribution in [3.8, 4) is 17.3 Å². The third-order valence-electron chi connectivity index (χ3n) is 6.00. The normalized spacial score (nSPS) is 17.4. The molecule has 2 aromatic rings. The van der Waals surface area contributed by atoms with Gasteiger partial charge >= 0.3 is 0 Å². The van der Waals surface area contributed by atoms with E-state index in [1.807, 2.05) is 11.9 Å². The lowest BCUT2D eigenvalue weighted by Gasteiger charge is -2.39. The standard InChI is InChI=1S/C23H31N5O3/c1-15(29)14-31-16-8-11-24-19(12-16)21-25-18-7-4-6-17(18)22(26-21)28(3)13-20(30)27-23(2)9-5-10-23/h8,11-12,15,29H,4-7,9-10,13-14H2,1-3H3,(H,27,30)/t15-/m1/s1. The van der Waals surface area contributed by atoms with Crippen molar-refractivity contribution in [2.24, 2.45) is 0 Å². The molecule has 8 nitrogen and oxygen atoms in total. The highest BCUT2D eigenvalue weighted by atomic mass is 16.5. The quantitative estimate of drug-likeness (QED) is 0.669. The number of aryl methyl sites for hydroxylation is 1. The number of nitrogens with zero attached hydrogens (tertiary/aromatic N) is 4. The largest absolute Gasteiger partial charge is 0.491 e. The van der Waals surface area contributed by atoms with E-state index in [4.69, 9.17) is 14.7 Å². The van der Waals surface area contributed by atoms with E-state index in [0.29, 0.717) is 17.3 Å².